The van der Waals surface area contributed by atoms with Crippen LogP contribution in [0.15, 0.2) is 92.6 Å². The molecule has 1 unspecified atom stereocenters. The zero-order valence-corrected chi connectivity index (χ0v) is 21.6. The van der Waals surface area contributed by atoms with Crippen molar-refractivity contribution in [3.63, 3.8) is 0 Å². The van der Waals surface area contributed by atoms with Crippen LogP contribution in [0.25, 0.3) is 11.8 Å². The Morgan fingerprint density at radius 1 is 1.06 bits per heavy atom. The van der Waals surface area contributed by atoms with Gasteiger partial charge >= 0.3 is 0 Å². The number of aryl methyl sites for hydroxylation is 1. The Kier molecular flexibility index (Phi) is 5.78. The van der Waals surface area contributed by atoms with Crippen LogP contribution in [0.1, 0.15) is 41.6 Å². The van der Waals surface area contributed by atoms with Gasteiger partial charge < -0.3 is 4.74 Å². The molecule has 0 saturated carbocycles. The molecule has 0 saturated heterocycles. The molecule has 35 heavy (non-hydrogen) atoms. The number of allylic oxidation sites excluding steroid dienone is 1. The van der Waals surface area contributed by atoms with Gasteiger partial charge in [0.05, 0.1) is 22.9 Å². The van der Waals surface area contributed by atoms with Gasteiger partial charge in [0.2, 0.25) is 0 Å². The summed E-state index contributed by atoms with van der Waals surface area (Å²) in [5.74, 6) is 0.827. The van der Waals surface area contributed by atoms with Crippen molar-refractivity contribution >= 4 is 39.0 Å². The molecular weight excluding hydrogens is 520 g/mol. The van der Waals surface area contributed by atoms with Gasteiger partial charge in [-0.3, -0.25) is 9.36 Å². The van der Waals surface area contributed by atoms with Gasteiger partial charge in [-0.1, -0.05) is 75.8 Å². The molecule has 1 aliphatic carbocycles. The van der Waals surface area contributed by atoms with Crippen LogP contribution >= 0.6 is 27.3 Å². The Labute approximate surface area is 215 Å². The first-order chi connectivity index (χ1) is 17.1. The largest absolute Gasteiger partial charge is 0.494 e. The molecule has 1 aromatic heterocycles. The van der Waals surface area contributed by atoms with E-state index in [2.05, 4.69) is 52.3 Å². The number of thiazole rings is 1. The van der Waals surface area contributed by atoms with Crippen LogP contribution in [0.3, 0.4) is 0 Å². The minimum Gasteiger partial charge on any atom is -0.494 e. The summed E-state index contributed by atoms with van der Waals surface area (Å²) in [6.45, 7) is 2.59. The Hall–Kier alpha value is -3.22. The molecule has 1 atom stereocenters. The lowest BCUT2D eigenvalue weighted by Gasteiger charge is -2.30. The standard InChI is InChI=1S/C29H23BrN2O2S/c1-2-34-22-14-7-18(8-15-22)17-25-28(33)32-27(20-9-12-21(30)13-10-20)24-16-11-19-5-3-4-6-23(19)26(24)31-29(32)35-25/h3-10,12-15,17,27H,2,11,16H2,1H3. The Balaban J connectivity index is 1.55. The zero-order valence-electron chi connectivity index (χ0n) is 19.2. The summed E-state index contributed by atoms with van der Waals surface area (Å²) in [4.78, 5) is 19.6. The SMILES string of the molecule is CCOc1ccc(C=c2sc3n(c2=O)C(c2ccc(Br)cc2)C2=C(N=3)c3ccccc3CC2)cc1. The van der Waals surface area contributed by atoms with E-state index < -0.39 is 0 Å². The summed E-state index contributed by atoms with van der Waals surface area (Å²) in [5, 5.41) is 0. The summed E-state index contributed by atoms with van der Waals surface area (Å²) in [6, 6.07) is 24.5. The van der Waals surface area contributed by atoms with Gasteiger partial charge in [0, 0.05) is 10.0 Å². The van der Waals surface area contributed by atoms with E-state index in [1.54, 1.807) is 0 Å². The Morgan fingerprint density at radius 3 is 2.60 bits per heavy atom. The van der Waals surface area contributed by atoms with Crippen LogP contribution in [0.5, 0.6) is 5.75 Å². The second-order valence-electron chi connectivity index (χ2n) is 8.67. The van der Waals surface area contributed by atoms with E-state index in [-0.39, 0.29) is 11.6 Å². The molecule has 4 aromatic rings. The number of rotatable bonds is 4. The average Bonchev–Trinajstić information content (AvgIpc) is 3.19. The first-order valence-electron chi connectivity index (χ1n) is 11.7. The fourth-order valence-corrected chi connectivity index (χ4v) is 6.21. The molecule has 0 radical (unpaired) electrons. The molecule has 6 heteroatoms. The molecule has 2 heterocycles. The fourth-order valence-electron chi connectivity index (χ4n) is 4.95. The molecule has 4 nitrogen and oxygen atoms in total. The first-order valence-corrected chi connectivity index (χ1v) is 13.3. The van der Waals surface area contributed by atoms with Crippen molar-refractivity contribution in [2.24, 2.45) is 4.99 Å². The van der Waals surface area contributed by atoms with Crippen LogP contribution in [-0.4, -0.2) is 11.2 Å². The summed E-state index contributed by atoms with van der Waals surface area (Å²) >= 11 is 5.01. The smallest absolute Gasteiger partial charge is 0.271 e. The van der Waals surface area contributed by atoms with Gasteiger partial charge in [0.1, 0.15) is 5.75 Å². The highest BCUT2D eigenvalue weighted by molar-refractivity contribution is 9.10. The van der Waals surface area contributed by atoms with Gasteiger partial charge in [-0.05, 0) is 72.4 Å². The lowest BCUT2D eigenvalue weighted by molar-refractivity contribution is 0.340. The Bertz CT molecular complexity index is 1630. The normalized spacial score (nSPS) is 16.9. The molecular formula is C29H23BrN2O2S. The van der Waals surface area contributed by atoms with E-state index in [9.17, 15) is 4.79 Å². The number of hydrogen-bond acceptors (Lipinski definition) is 4. The molecule has 0 amide bonds. The molecule has 0 fully saturated rings. The van der Waals surface area contributed by atoms with Crippen molar-refractivity contribution in [2.75, 3.05) is 6.61 Å². The van der Waals surface area contributed by atoms with Crippen molar-refractivity contribution in [3.05, 3.63) is 125 Å². The van der Waals surface area contributed by atoms with Crippen LogP contribution in [0.2, 0.25) is 0 Å². The third-order valence-electron chi connectivity index (χ3n) is 6.55. The van der Waals surface area contributed by atoms with Crippen molar-refractivity contribution in [1.82, 2.24) is 4.57 Å². The second-order valence-corrected chi connectivity index (χ2v) is 10.6. The van der Waals surface area contributed by atoms with Gasteiger partial charge in [0.15, 0.2) is 4.80 Å². The summed E-state index contributed by atoms with van der Waals surface area (Å²) in [6.07, 6.45) is 3.79. The molecule has 0 spiro atoms. The third-order valence-corrected chi connectivity index (χ3v) is 8.06. The summed E-state index contributed by atoms with van der Waals surface area (Å²) in [5.41, 5.74) is 6.80. The number of aromatic nitrogens is 1. The maximum Gasteiger partial charge on any atom is 0.271 e. The van der Waals surface area contributed by atoms with Crippen molar-refractivity contribution < 1.29 is 4.74 Å². The lowest BCUT2D eigenvalue weighted by atomic mass is 9.83. The van der Waals surface area contributed by atoms with Gasteiger partial charge in [-0.25, -0.2) is 4.99 Å². The predicted octanol–water partition coefficient (Wildman–Crippen LogP) is 5.48. The Morgan fingerprint density at radius 2 is 1.83 bits per heavy atom. The van der Waals surface area contributed by atoms with E-state index in [4.69, 9.17) is 9.73 Å². The first kappa shape index (κ1) is 22.3. The van der Waals surface area contributed by atoms with Gasteiger partial charge in [-0.2, -0.15) is 0 Å². The summed E-state index contributed by atoms with van der Waals surface area (Å²) in [7, 11) is 0. The van der Waals surface area contributed by atoms with Crippen molar-refractivity contribution in [1.29, 1.82) is 0 Å². The maximum atomic E-state index is 13.8. The molecule has 174 valence electrons. The minimum absolute atomic E-state index is 0.000891. The number of hydrogen-bond donors (Lipinski definition) is 0. The van der Waals surface area contributed by atoms with Crippen molar-refractivity contribution in [2.45, 2.75) is 25.8 Å². The minimum atomic E-state index is -0.162. The monoisotopic (exact) mass is 542 g/mol. The second kappa shape index (κ2) is 9.10. The molecule has 0 bridgehead atoms. The van der Waals surface area contributed by atoms with E-state index in [0.717, 1.165) is 44.7 Å². The highest BCUT2D eigenvalue weighted by atomic mass is 79.9. The number of halogens is 1. The molecule has 3 aromatic carbocycles. The highest BCUT2D eigenvalue weighted by Gasteiger charge is 2.32. The zero-order chi connectivity index (χ0) is 23.9. The summed E-state index contributed by atoms with van der Waals surface area (Å²) < 4.78 is 9.15. The average molecular weight is 543 g/mol. The topological polar surface area (TPSA) is 43.6 Å². The number of fused-ring (bicyclic) bond motifs is 3. The number of benzene rings is 3. The predicted molar refractivity (Wildman–Crippen MR) is 145 cm³/mol. The van der Waals surface area contributed by atoms with Crippen molar-refractivity contribution in [3.8, 4) is 5.75 Å². The fraction of sp³-hybridized carbons (Fsp3) is 0.172. The van der Waals surface area contributed by atoms with Crippen LogP contribution in [0.4, 0.5) is 0 Å². The molecule has 1 aliphatic heterocycles. The lowest BCUT2D eigenvalue weighted by Crippen LogP contribution is -2.38. The molecule has 0 N–H and O–H groups in total. The van der Waals surface area contributed by atoms with E-state index >= 15 is 0 Å². The maximum absolute atomic E-state index is 13.8. The van der Waals surface area contributed by atoms with E-state index in [1.807, 2.05) is 54.0 Å². The quantitative estimate of drug-likeness (QED) is 0.342. The third kappa shape index (κ3) is 4.01. The molecule has 6 rings (SSSR count). The number of ether oxygens (including phenoxy) is 1. The van der Waals surface area contributed by atoms with Crippen LogP contribution < -0.4 is 19.6 Å². The van der Waals surface area contributed by atoms with E-state index in [0.29, 0.717) is 11.1 Å². The van der Waals surface area contributed by atoms with E-state index in [1.165, 1.54) is 28.0 Å². The van der Waals surface area contributed by atoms with Gasteiger partial charge in [0.25, 0.3) is 5.56 Å². The molecule has 2 aliphatic rings. The van der Waals surface area contributed by atoms with Crippen LogP contribution in [-0.2, 0) is 6.42 Å². The number of nitrogens with zero attached hydrogens (tertiary/aromatic N) is 2. The van der Waals surface area contributed by atoms with Gasteiger partial charge in [-0.15, -0.1) is 0 Å². The highest BCUT2D eigenvalue weighted by Crippen LogP contribution is 2.41. The van der Waals surface area contributed by atoms with Crippen LogP contribution in [0, 0.1) is 0 Å².